The third kappa shape index (κ3) is 3.89. The molecule has 0 aliphatic carbocycles. The van der Waals surface area contributed by atoms with Gasteiger partial charge in [0.1, 0.15) is 0 Å². The minimum Gasteiger partial charge on any atom is -0.361 e. The smallest absolute Gasteiger partial charge is 0.361 e. The first kappa shape index (κ1) is 14.2. The van der Waals surface area contributed by atoms with Gasteiger partial charge in [-0.1, -0.05) is 36.9 Å². The Kier molecular flexibility index (Phi) is 4.39. The monoisotopic (exact) mass is 288 g/mol. The first-order valence-corrected chi connectivity index (χ1v) is 7.01. The van der Waals surface area contributed by atoms with Crippen LogP contribution >= 0.6 is 11.8 Å². The number of hydrogen-bond acceptors (Lipinski definition) is 3. The van der Waals surface area contributed by atoms with Gasteiger partial charge >= 0.3 is 6.18 Å². The van der Waals surface area contributed by atoms with E-state index in [9.17, 15) is 13.2 Å². The van der Waals surface area contributed by atoms with Gasteiger partial charge in [0.2, 0.25) is 0 Å². The van der Waals surface area contributed by atoms with Crippen LogP contribution in [-0.2, 0) is 12.7 Å². The summed E-state index contributed by atoms with van der Waals surface area (Å²) in [5.41, 5.74) is -0.339. The predicted octanol–water partition coefficient (Wildman–Crippen LogP) is 3.53. The van der Waals surface area contributed by atoms with Crippen LogP contribution in [0, 0.1) is 5.92 Å². The Morgan fingerprint density at radius 2 is 2.11 bits per heavy atom. The summed E-state index contributed by atoms with van der Waals surface area (Å²) in [6, 6.07) is 5.62. The van der Waals surface area contributed by atoms with Crippen molar-refractivity contribution in [2.75, 3.05) is 12.3 Å². The zero-order chi connectivity index (χ0) is 13.9. The second-order valence-corrected chi connectivity index (χ2v) is 5.58. The first-order chi connectivity index (χ1) is 8.97. The fraction of sp³-hybridized carbons (Fsp3) is 0.462. The Labute approximate surface area is 114 Å². The summed E-state index contributed by atoms with van der Waals surface area (Å²) < 4.78 is 38.4. The van der Waals surface area contributed by atoms with Crippen molar-refractivity contribution < 1.29 is 13.2 Å². The molecule has 1 aromatic carbocycles. The van der Waals surface area contributed by atoms with Crippen molar-refractivity contribution in [3.63, 3.8) is 0 Å². The predicted molar refractivity (Wildman–Crippen MR) is 72.2 cm³/mol. The third-order valence-corrected chi connectivity index (χ3v) is 4.09. The van der Waals surface area contributed by atoms with E-state index < -0.39 is 11.7 Å². The summed E-state index contributed by atoms with van der Waals surface area (Å²) in [7, 11) is 0. The largest absolute Gasteiger partial charge is 0.416 e. The minimum atomic E-state index is -4.31. The second kappa shape index (κ2) is 5.86. The molecule has 1 atom stereocenters. The van der Waals surface area contributed by atoms with Crippen LogP contribution in [0.2, 0.25) is 0 Å². The number of alkyl halides is 3. The van der Waals surface area contributed by atoms with E-state index in [1.807, 2.05) is 0 Å². The zero-order valence-corrected chi connectivity index (χ0v) is 11.3. The number of nitrogens with one attached hydrogen (secondary N) is 1. The highest BCUT2D eigenvalue weighted by Gasteiger charge is 2.32. The molecule has 0 saturated carbocycles. The van der Waals surface area contributed by atoms with Gasteiger partial charge in [0.25, 0.3) is 0 Å². The number of thioether (sulfide) groups is 1. The first-order valence-electron chi connectivity index (χ1n) is 6.03. The molecule has 19 heavy (non-hydrogen) atoms. The van der Waals surface area contributed by atoms with E-state index in [-0.39, 0.29) is 12.1 Å². The van der Waals surface area contributed by atoms with E-state index in [1.165, 1.54) is 12.1 Å². The Bertz CT molecular complexity index is 471. The molecule has 0 radical (unpaired) electrons. The molecule has 2 nitrogen and oxygen atoms in total. The van der Waals surface area contributed by atoms with Gasteiger partial charge in [0.05, 0.1) is 5.56 Å². The number of halogens is 3. The Balaban J connectivity index is 2.04. The highest BCUT2D eigenvalue weighted by molar-refractivity contribution is 8.13. The van der Waals surface area contributed by atoms with Crippen molar-refractivity contribution in [1.29, 1.82) is 0 Å². The lowest BCUT2D eigenvalue weighted by molar-refractivity contribution is -0.138. The van der Waals surface area contributed by atoms with Crippen molar-refractivity contribution in [2.24, 2.45) is 10.9 Å². The van der Waals surface area contributed by atoms with Crippen molar-refractivity contribution in [3.05, 3.63) is 35.4 Å². The topological polar surface area (TPSA) is 24.4 Å². The molecule has 6 heteroatoms. The van der Waals surface area contributed by atoms with Crippen LogP contribution in [0.3, 0.4) is 0 Å². The molecule has 1 heterocycles. The summed E-state index contributed by atoms with van der Waals surface area (Å²) in [5, 5.41) is 3.72. The lowest BCUT2D eigenvalue weighted by atomic mass is 10.1. The molecule has 1 N–H and O–H groups in total. The average Bonchev–Trinajstić information content (AvgIpc) is 2.37. The molecule has 0 saturated heterocycles. The lowest BCUT2D eigenvalue weighted by Crippen LogP contribution is -2.26. The van der Waals surface area contributed by atoms with Crippen molar-refractivity contribution in [3.8, 4) is 0 Å². The number of rotatable bonds is 2. The van der Waals surface area contributed by atoms with Gasteiger partial charge in [-0.05, 0) is 17.5 Å². The molecule has 1 aliphatic heterocycles. The van der Waals surface area contributed by atoms with E-state index in [1.54, 1.807) is 17.8 Å². The normalized spacial score (nSPS) is 20.0. The van der Waals surface area contributed by atoms with E-state index in [2.05, 4.69) is 17.2 Å². The summed E-state index contributed by atoms with van der Waals surface area (Å²) in [5.74, 6) is 1.48. The maximum atomic E-state index is 12.8. The number of amidine groups is 1. The number of aliphatic imine (C=N–C) groups is 1. The summed E-state index contributed by atoms with van der Waals surface area (Å²) in [4.78, 5) is 4.30. The molecule has 0 spiro atoms. The molecule has 0 amide bonds. The number of hydrogen-bond donors (Lipinski definition) is 1. The van der Waals surface area contributed by atoms with Crippen molar-refractivity contribution in [1.82, 2.24) is 5.32 Å². The van der Waals surface area contributed by atoms with Gasteiger partial charge in [-0.15, -0.1) is 0 Å². The van der Waals surface area contributed by atoms with Crippen molar-refractivity contribution >= 4 is 16.9 Å². The van der Waals surface area contributed by atoms with Gasteiger partial charge in [-0.25, -0.2) is 0 Å². The van der Waals surface area contributed by atoms with Gasteiger partial charge < -0.3 is 5.32 Å². The standard InChI is InChI=1S/C13H15F3N2S/c1-9-6-17-12(19-8-9)18-7-10-4-2-3-5-11(10)13(14,15)16/h2-5,9H,6-8H2,1H3,(H,17,18). The molecular weight excluding hydrogens is 273 g/mol. The zero-order valence-electron chi connectivity index (χ0n) is 10.5. The van der Waals surface area contributed by atoms with Gasteiger partial charge in [0.15, 0.2) is 5.17 Å². The Morgan fingerprint density at radius 1 is 1.37 bits per heavy atom. The molecule has 1 unspecified atom stereocenters. The van der Waals surface area contributed by atoms with Crippen LogP contribution in [0.25, 0.3) is 0 Å². The van der Waals surface area contributed by atoms with Crippen molar-refractivity contribution in [2.45, 2.75) is 19.6 Å². The number of nitrogens with zero attached hydrogens (tertiary/aromatic N) is 1. The van der Waals surface area contributed by atoms with Gasteiger partial charge in [0, 0.05) is 18.8 Å². The molecule has 1 aliphatic rings. The molecule has 1 aromatic rings. The van der Waals surface area contributed by atoms with Crippen LogP contribution in [0.5, 0.6) is 0 Å². The fourth-order valence-corrected chi connectivity index (χ4v) is 2.67. The Hall–Kier alpha value is -1.17. The molecular formula is C13H15F3N2S. The molecule has 0 bridgehead atoms. The van der Waals surface area contributed by atoms with Crippen LogP contribution in [0.4, 0.5) is 13.2 Å². The average molecular weight is 288 g/mol. The van der Waals surface area contributed by atoms with E-state index in [0.717, 1.165) is 23.5 Å². The second-order valence-electron chi connectivity index (χ2n) is 4.57. The SMILES string of the molecule is CC1CN=C(NCc2ccccc2C(F)(F)F)SC1. The van der Waals surface area contributed by atoms with Crippen LogP contribution in [0.15, 0.2) is 29.3 Å². The van der Waals surface area contributed by atoms with E-state index >= 15 is 0 Å². The maximum Gasteiger partial charge on any atom is 0.416 e. The van der Waals surface area contributed by atoms with Crippen LogP contribution in [-0.4, -0.2) is 17.5 Å². The highest BCUT2D eigenvalue weighted by atomic mass is 32.2. The van der Waals surface area contributed by atoms with E-state index in [4.69, 9.17) is 0 Å². The summed E-state index contributed by atoms with van der Waals surface area (Å²) in [6.07, 6.45) is -4.31. The molecule has 2 rings (SSSR count). The Morgan fingerprint density at radius 3 is 2.74 bits per heavy atom. The van der Waals surface area contributed by atoms with Gasteiger partial charge in [-0.2, -0.15) is 13.2 Å². The number of benzene rings is 1. The third-order valence-electron chi connectivity index (χ3n) is 2.80. The van der Waals surface area contributed by atoms with Crippen LogP contribution < -0.4 is 5.32 Å². The highest BCUT2D eigenvalue weighted by Crippen LogP contribution is 2.31. The van der Waals surface area contributed by atoms with Gasteiger partial charge in [-0.3, -0.25) is 4.99 Å². The van der Waals surface area contributed by atoms with E-state index in [0.29, 0.717) is 5.92 Å². The summed E-state index contributed by atoms with van der Waals surface area (Å²) in [6.45, 7) is 2.98. The van der Waals surface area contributed by atoms with Crippen LogP contribution in [0.1, 0.15) is 18.1 Å². The molecule has 0 fully saturated rings. The fourth-order valence-electron chi connectivity index (χ4n) is 1.79. The molecule has 0 aromatic heterocycles. The minimum absolute atomic E-state index is 0.149. The maximum absolute atomic E-state index is 12.8. The molecule has 104 valence electrons. The summed E-state index contributed by atoms with van der Waals surface area (Å²) >= 11 is 1.56. The lowest BCUT2D eigenvalue weighted by Gasteiger charge is -2.19. The quantitative estimate of drug-likeness (QED) is 0.900.